The molecule has 7 heteroatoms. The standard InChI is InChI=1S/C12H16F3N3O/c1-8-3-4-10-7-17(9(2)19)5-6-18(10)11(16-8)12(13,14)15/h4,8H,3,5-7H2,1-2H3. The molecule has 1 fully saturated rings. The molecular weight excluding hydrogens is 259 g/mol. The molecular formula is C12H16F3N3O. The Morgan fingerprint density at radius 2 is 2.11 bits per heavy atom. The number of amides is 1. The van der Waals surface area contributed by atoms with E-state index in [4.69, 9.17) is 0 Å². The van der Waals surface area contributed by atoms with E-state index >= 15 is 0 Å². The van der Waals surface area contributed by atoms with Crippen LogP contribution in [0.5, 0.6) is 0 Å². The number of piperazine rings is 1. The molecule has 0 aromatic heterocycles. The molecule has 1 unspecified atom stereocenters. The van der Waals surface area contributed by atoms with Crippen molar-refractivity contribution in [1.82, 2.24) is 9.80 Å². The minimum Gasteiger partial charge on any atom is -0.335 e. The fraction of sp³-hybridized carbons (Fsp3) is 0.667. The lowest BCUT2D eigenvalue weighted by atomic mass is 10.2. The van der Waals surface area contributed by atoms with E-state index in [1.165, 1.54) is 11.8 Å². The summed E-state index contributed by atoms with van der Waals surface area (Å²) in [6.45, 7) is 3.72. The van der Waals surface area contributed by atoms with Crippen molar-refractivity contribution in [2.45, 2.75) is 32.5 Å². The van der Waals surface area contributed by atoms with Crippen molar-refractivity contribution in [3.8, 4) is 0 Å². The highest BCUT2D eigenvalue weighted by Crippen LogP contribution is 2.28. The smallest absolute Gasteiger partial charge is 0.335 e. The van der Waals surface area contributed by atoms with Crippen LogP contribution in [-0.4, -0.2) is 53.4 Å². The molecule has 0 bridgehead atoms. The van der Waals surface area contributed by atoms with Crippen LogP contribution >= 0.6 is 0 Å². The van der Waals surface area contributed by atoms with Gasteiger partial charge in [0.05, 0.1) is 12.6 Å². The number of amidine groups is 1. The third-order valence-corrected chi connectivity index (χ3v) is 3.28. The Kier molecular flexibility index (Phi) is 3.56. The van der Waals surface area contributed by atoms with Crippen LogP contribution in [0.3, 0.4) is 0 Å². The zero-order valence-corrected chi connectivity index (χ0v) is 10.9. The van der Waals surface area contributed by atoms with Gasteiger partial charge in [-0.25, -0.2) is 0 Å². The Morgan fingerprint density at radius 1 is 1.42 bits per heavy atom. The van der Waals surface area contributed by atoms with Gasteiger partial charge in [-0.05, 0) is 13.3 Å². The maximum Gasteiger partial charge on any atom is 0.449 e. The molecule has 0 aromatic rings. The van der Waals surface area contributed by atoms with E-state index in [0.717, 1.165) is 0 Å². The molecule has 4 nitrogen and oxygen atoms in total. The monoisotopic (exact) mass is 275 g/mol. The van der Waals surface area contributed by atoms with Crippen molar-refractivity contribution in [2.24, 2.45) is 4.99 Å². The number of fused-ring (bicyclic) bond motifs is 1. The molecule has 2 aliphatic rings. The van der Waals surface area contributed by atoms with E-state index in [0.29, 0.717) is 12.1 Å². The summed E-state index contributed by atoms with van der Waals surface area (Å²) >= 11 is 0. The Balaban J connectivity index is 2.31. The fourth-order valence-electron chi connectivity index (χ4n) is 2.27. The van der Waals surface area contributed by atoms with E-state index in [1.54, 1.807) is 17.9 Å². The number of hydrogen-bond acceptors (Lipinski definition) is 3. The average Bonchev–Trinajstić information content (AvgIpc) is 2.48. The van der Waals surface area contributed by atoms with E-state index in [2.05, 4.69) is 4.99 Å². The normalized spacial score (nSPS) is 24.4. The van der Waals surface area contributed by atoms with Crippen molar-refractivity contribution < 1.29 is 18.0 Å². The van der Waals surface area contributed by atoms with Crippen molar-refractivity contribution in [2.75, 3.05) is 19.6 Å². The Bertz CT molecular complexity index is 442. The van der Waals surface area contributed by atoms with Crippen molar-refractivity contribution in [3.05, 3.63) is 11.8 Å². The molecule has 0 spiro atoms. The van der Waals surface area contributed by atoms with Gasteiger partial charge in [0, 0.05) is 25.7 Å². The number of rotatable bonds is 0. The second-order valence-electron chi connectivity index (χ2n) is 4.82. The van der Waals surface area contributed by atoms with Crippen LogP contribution in [0.1, 0.15) is 20.3 Å². The number of halogens is 3. The van der Waals surface area contributed by atoms with Crippen LogP contribution in [-0.2, 0) is 4.79 Å². The van der Waals surface area contributed by atoms with Crippen molar-refractivity contribution >= 4 is 11.7 Å². The third-order valence-electron chi connectivity index (χ3n) is 3.28. The summed E-state index contributed by atoms with van der Waals surface area (Å²) in [7, 11) is 0. The van der Waals surface area contributed by atoms with Crippen molar-refractivity contribution in [1.29, 1.82) is 0 Å². The van der Waals surface area contributed by atoms with Gasteiger partial charge in [0.1, 0.15) is 0 Å². The van der Waals surface area contributed by atoms with Gasteiger partial charge >= 0.3 is 6.18 Å². The largest absolute Gasteiger partial charge is 0.449 e. The molecule has 1 amide bonds. The number of alkyl halides is 3. The molecule has 106 valence electrons. The first kappa shape index (κ1) is 13.9. The molecule has 0 saturated carbocycles. The lowest BCUT2D eigenvalue weighted by Crippen LogP contribution is -2.51. The fourth-order valence-corrected chi connectivity index (χ4v) is 2.27. The van der Waals surface area contributed by atoms with Crippen LogP contribution in [0.15, 0.2) is 16.8 Å². The molecule has 0 aromatic carbocycles. The summed E-state index contributed by atoms with van der Waals surface area (Å²) in [4.78, 5) is 17.8. The maximum absolute atomic E-state index is 13.0. The van der Waals surface area contributed by atoms with E-state index in [-0.39, 0.29) is 25.5 Å². The molecule has 2 rings (SSSR count). The van der Waals surface area contributed by atoms with E-state index in [1.807, 2.05) is 0 Å². The van der Waals surface area contributed by atoms with E-state index < -0.39 is 18.1 Å². The lowest BCUT2D eigenvalue weighted by Gasteiger charge is -2.38. The molecule has 2 heterocycles. The quantitative estimate of drug-likeness (QED) is 0.675. The predicted molar refractivity (Wildman–Crippen MR) is 64.6 cm³/mol. The predicted octanol–water partition coefficient (Wildman–Crippen LogP) is 1.79. The van der Waals surface area contributed by atoms with Gasteiger partial charge in [-0.15, -0.1) is 0 Å². The molecule has 1 saturated heterocycles. The molecule has 1 atom stereocenters. The summed E-state index contributed by atoms with van der Waals surface area (Å²) in [6, 6.07) is -0.402. The molecule has 19 heavy (non-hydrogen) atoms. The summed E-state index contributed by atoms with van der Waals surface area (Å²) < 4.78 is 39.1. The first-order valence-corrected chi connectivity index (χ1v) is 6.16. The second kappa shape index (κ2) is 4.86. The molecule has 0 aliphatic carbocycles. The van der Waals surface area contributed by atoms with Crippen LogP contribution < -0.4 is 0 Å². The number of carbonyl (C=O) groups is 1. The highest BCUT2D eigenvalue weighted by molar-refractivity contribution is 5.90. The summed E-state index contributed by atoms with van der Waals surface area (Å²) in [5.74, 6) is -0.963. The van der Waals surface area contributed by atoms with Crippen LogP contribution in [0, 0.1) is 0 Å². The van der Waals surface area contributed by atoms with Crippen LogP contribution in [0.2, 0.25) is 0 Å². The number of nitrogens with zero attached hydrogens (tertiary/aromatic N) is 3. The van der Waals surface area contributed by atoms with Gasteiger partial charge in [0.25, 0.3) is 0 Å². The summed E-state index contributed by atoms with van der Waals surface area (Å²) in [5, 5.41) is 0. The maximum atomic E-state index is 13.0. The highest BCUT2D eigenvalue weighted by atomic mass is 19.4. The zero-order valence-electron chi connectivity index (χ0n) is 10.9. The first-order valence-electron chi connectivity index (χ1n) is 6.16. The number of aliphatic imine (C=N–C) groups is 1. The van der Waals surface area contributed by atoms with Gasteiger partial charge in [0.2, 0.25) is 11.7 Å². The number of hydrogen-bond donors (Lipinski definition) is 0. The summed E-state index contributed by atoms with van der Waals surface area (Å²) in [6.07, 6.45) is -2.25. The average molecular weight is 275 g/mol. The topological polar surface area (TPSA) is 35.9 Å². The van der Waals surface area contributed by atoms with Crippen LogP contribution in [0.25, 0.3) is 0 Å². The van der Waals surface area contributed by atoms with Crippen LogP contribution in [0.4, 0.5) is 13.2 Å². The first-order chi connectivity index (χ1) is 8.79. The van der Waals surface area contributed by atoms with Gasteiger partial charge in [0.15, 0.2) is 0 Å². The Labute approximate surface area is 109 Å². The van der Waals surface area contributed by atoms with Gasteiger partial charge in [-0.2, -0.15) is 13.2 Å². The molecule has 2 aliphatic heterocycles. The SMILES string of the molecule is CC(=O)N1CCN2C(=CCC(C)N=C2C(F)(F)F)C1. The highest BCUT2D eigenvalue weighted by Gasteiger charge is 2.43. The third kappa shape index (κ3) is 2.90. The minimum absolute atomic E-state index is 0.122. The summed E-state index contributed by atoms with van der Waals surface area (Å²) in [5.41, 5.74) is 0.516. The van der Waals surface area contributed by atoms with Gasteiger partial charge < -0.3 is 9.80 Å². The Hall–Kier alpha value is -1.53. The number of carbonyl (C=O) groups excluding carboxylic acids is 1. The molecule has 0 radical (unpaired) electrons. The molecule has 0 N–H and O–H groups in total. The van der Waals surface area contributed by atoms with E-state index in [9.17, 15) is 18.0 Å². The zero-order chi connectivity index (χ0) is 14.2. The minimum atomic E-state index is -4.46. The Morgan fingerprint density at radius 3 is 2.68 bits per heavy atom. The lowest BCUT2D eigenvalue weighted by molar-refractivity contribution is -0.129. The van der Waals surface area contributed by atoms with Gasteiger partial charge in [-0.3, -0.25) is 9.79 Å². The second-order valence-corrected chi connectivity index (χ2v) is 4.82. The van der Waals surface area contributed by atoms with Gasteiger partial charge in [-0.1, -0.05) is 6.08 Å². The van der Waals surface area contributed by atoms with Crippen molar-refractivity contribution in [3.63, 3.8) is 0 Å².